The average Bonchev–Trinajstić information content (AvgIpc) is 1.00. The molecule has 0 aromatic carbocycles. The van der Waals surface area contributed by atoms with Gasteiger partial charge in [0.25, 0.3) is 0 Å². The van der Waals surface area contributed by atoms with Gasteiger partial charge in [0, 0.05) is 39.1 Å². The largest absolute Gasteiger partial charge is 0 e. The zero-order valence-corrected chi connectivity index (χ0v) is 6.80. The molecule has 5 heavy (non-hydrogen) atoms. The van der Waals surface area contributed by atoms with Gasteiger partial charge in [0.05, 0.1) is 0 Å². The molecule has 5 heteroatoms. The summed E-state index contributed by atoms with van der Waals surface area (Å²) >= 11 is 0.500. The third-order valence-electron chi connectivity index (χ3n) is 0. The quantitative estimate of drug-likeness (QED) is 0.479. The molecule has 0 aromatic rings. The first-order valence-electron chi connectivity index (χ1n) is 0.183. The van der Waals surface area contributed by atoms with Gasteiger partial charge in [-0.1, -0.05) is 0 Å². The van der Waals surface area contributed by atoms with E-state index >= 15 is 0 Å². The molecule has 0 rings (SSSR count). The molecule has 0 aliphatic carbocycles. The molecule has 0 spiro atoms. The van der Waals surface area contributed by atoms with Crippen molar-refractivity contribution in [2.24, 2.45) is 0 Å². The second-order valence-corrected chi connectivity index (χ2v) is 0. The maximum Gasteiger partial charge on any atom is 0 e. The zero-order chi connectivity index (χ0) is 2.00. The maximum absolute atomic E-state index is 8.30. The Labute approximate surface area is 79.7 Å². The molecule has 0 atom stereocenters. The Morgan fingerprint density at radius 3 is 1.20 bits per heavy atom. The topological polar surface area (TPSA) is 17.1 Å². The van der Waals surface area contributed by atoms with Crippen LogP contribution in [0.1, 0.15) is 0 Å². The van der Waals surface area contributed by atoms with E-state index in [1.165, 1.54) is 0 Å². The standard InChI is InChI=1S/Al.Cr.Nb.O.Ti.3H. The smallest absolute Gasteiger partial charge is 0 e. The molecular formula is H3AlCrNbOTi. The SMILES string of the molecule is [AlH3].[Cr].[O]=[Nb].[Ti]. The summed E-state index contributed by atoms with van der Waals surface area (Å²) in [4.78, 5) is 0. The van der Waals surface area contributed by atoms with Gasteiger partial charge in [0.1, 0.15) is 0 Å². The summed E-state index contributed by atoms with van der Waals surface area (Å²) in [6.45, 7) is 0. The second-order valence-electron chi connectivity index (χ2n) is 0. The first-order valence-corrected chi connectivity index (χ1v) is 1.08. The van der Waals surface area contributed by atoms with Crippen LogP contribution in [-0.2, 0) is 63.4 Å². The Balaban J connectivity index is -0.00000000167. The van der Waals surface area contributed by atoms with E-state index in [9.17, 15) is 0 Å². The van der Waals surface area contributed by atoms with Crippen LogP contribution >= 0.6 is 0 Å². The van der Waals surface area contributed by atoms with Crippen molar-refractivity contribution in [1.82, 2.24) is 0 Å². The first-order chi connectivity index (χ1) is 1.00. The van der Waals surface area contributed by atoms with Gasteiger partial charge >= 0.3 is 24.3 Å². The van der Waals surface area contributed by atoms with Crippen molar-refractivity contribution in [1.29, 1.82) is 0 Å². The molecule has 0 saturated heterocycles. The molecule has 0 bridgehead atoms. The average molecular weight is 239 g/mol. The molecule has 27 valence electrons. The second kappa shape index (κ2) is 33.2. The van der Waals surface area contributed by atoms with Crippen molar-refractivity contribution in [3.05, 3.63) is 0 Å². The zero-order valence-electron chi connectivity index (χ0n) is 1.76. The fourth-order valence-corrected chi connectivity index (χ4v) is 0. The Morgan fingerprint density at radius 1 is 1.20 bits per heavy atom. The van der Waals surface area contributed by atoms with Crippen LogP contribution in [0.15, 0.2) is 0 Å². The normalized spacial score (nSPS) is 0.600. The number of hydrogen-bond acceptors (Lipinski definition) is 1. The van der Waals surface area contributed by atoms with Crippen molar-refractivity contribution in [2.45, 2.75) is 0 Å². The summed E-state index contributed by atoms with van der Waals surface area (Å²) < 4.78 is 8.30. The van der Waals surface area contributed by atoms with Crippen molar-refractivity contribution < 1.29 is 63.4 Å². The third kappa shape index (κ3) is 21.9. The van der Waals surface area contributed by atoms with Crippen LogP contribution in [0.5, 0.6) is 0 Å². The van der Waals surface area contributed by atoms with E-state index in [1.807, 2.05) is 0 Å². The molecule has 0 fully saturated rings. The fourth-order valence-electron chi connectivity index (χ4n) is 0. The fraction of sp³-hybridized carbons (Fsp3) is 0. The van der Waals surface area contributed by atoms with Crippen molar-refractivity contribution in [3.8, 4) is 0 Å². The van der Waals surface area contributed by atoms with Gasteiger partial charge < -0.3 is 0 Å². The molecule has 0 aliphatic heterocycles. The van der Waals surface area contributed by atoms with Gasteiger partial charge in [0.15, 0.2) is 17.4 Å². The first kappa shape index (κ1) is 26.5. The third-order valence-corrected chi connectivity index (χ3v) is 0. The van der Waals surface area contributed by atoms with Crippen LogP contribution < -0.4 is 0 Å². The minimum absolute atomic E-state index is 0. The summed E-state index contributed by atoms with van der Waals surface area (Å²) in [5.41, 5.74) is 0. The van der Waals surface area contributed by atoms with Crippen LogP contribution in [0, 0.1) is 0 Å². The van der Waals surface area contributed by atoms with Crippen LogP contribution in [-0.4, -0.2) is 17.4 Å². The molecule has 0 amide bonds. The van der Waals surface area contributed by atoms with Gasteiger partial charge in [-0.2, -0.15) is 0 Å². The van der Waals surface area contributed by atoms with Gasteiger partial charge in [-0.05, 0) is 0 Å². The molecule has 0 N–H and O–H groups in total. The maximum atomic E-state index is 8.30. The predicted molar refractivity (Wildman–Crippen MR) is 10.6 cm³/mol. The summed E-state index contributed by atoms with van der Waals surface area (Å²) in [7, 11) is 0. The van der Waals surface area contributed by atoms with Crippen molar-refractivity contribution in [2.75, 3.05) is 0 Å². The molecule has 0 heterocycles. The van der Waals surface area contributed by atoms with Gasteiger partial charge in [0.2, 0.25) is 0 Å². The van der Waals surface area contributed by atoms with E-state index in [2.05, 4.69) is 0 Å². The number of rotatable bonds is 0. The molecule has 0 saturated carbocycles. The van der Waals surface area contributed by atoms with Gasteiger partial charge in [-0.3, -0.25) is 0 Å². The minimum atomic E-state index is 0. The van der Waals surface area contributed by atoms with Crippen LogP contribution in [0.25, 0.3) is 0 Å². The Bertz CT molecular complexity index is 11.6. The van der Waals surface area contributed by atoms with E-state index in [4.69, 9.17) is 3.25 Å². The summed E-state index contributed by atoms with van der Waals surface area (Å²) in [6, 6.07) is 0. The van der Waals surface area contributed by atoms with Crippen LogP contribution in [0.2, 0.25) is 0 Å². The Kier molecular flexibility index (Phi) is 176. The molecule has 0 unspecified atom stereocenters. The molecule has 0 aromatic heterocycles. The van der Waals surface area contributed by atoms with Crippen molar-refractivity contribution in [3.63, 3.8) is 0 Å². The molecule has 0 radical (unpaired) electrons. The van der Waals surface area contributed by atoms with E-state index < -0.39 is 0 Å². The molecular weight excluding hydrogens is 236 g/mol. The summed E-state index contributed by atoms with van der Waals surface area (Å²) in [6.07, 6.45) is 0. The van der Waals surface area contributed by atoms with E-state index in [-0.39, 0.29) is 56.4 Å². The Morgan fingerprint density at radius 2 is 1.20 bits per heavy atom. The van der Waals surface area contributed by atoms with Crippen molar-refractivity contribution >= 4 is 17.4 Å². The molecule has 0 aliphatic rings. The van der Waals surface area contributed by atoms with E-state index in [1.54, 1.807) is 0 Å². The minimum Gasteiger partial charge on any atom is 0 e. The van der Waals surface area contributed by atoms with Gasteiger partial charge in [-0.25, -0.2) is 0 Å². The monoisotopic (exact) mass is 239 g/mol. The van der Waals surface area contributed by atoms with Crippen LogP contribution in [0.4, 0.5) is 0 Å². The van der Waals surface area contributed by atoms with Crippen LogP contribution in [0.3, 0.4) is 0 Å². The van der Waals surface area contributed by atoms with E-state index in [0.717, 1.165) is 0 Å². The summed E-state index contributed by atoms with van der Waals surface area (Å²) in [5, 5.41) is 0. The number of hydrogen-bond donors (Lipinski definition) is 0. The van der Waals surface area contributed by atoms with Gasteiger partial charge in [-0.15, -0.1) is 0 Å². The van der Waals surface area contributed by atoms with E-state index in [0.29, 0.717) is 21.0 Å². The predicted octanol–water partition coefficient (Wildman–Crippen LogP) is -1.31. The summed E-state index contributed by atoms with van der Waals surface area (Å²) in [5.74, 6) is 0. The molecule has 1 nitrogen and oxygen atoms in total. The Hall–Kier alpha value is 2.32.